The molecule has 5 heteroatoms. The van der Waals surface area contributed by atoms with E-state index in [1.165, 1.54) is 31.3 Å². The molecule has 1 saturated heterocycles. The highest BCUT2D eigenvalue weighted by Crippen LogP contribution is 2.41. The molecule has 1 aromatic heterocycles. The lowest BCUT2D eigenvalue weighted by molar-refractivity contribution is 0.00578. The van der Waals surface area contributed by atoms with Crippen LogP contribution in [0.1, 0.15) is 27.7 Å². The number of anilines is 3. The summed E-state index contributed by atoms with van der Waals surface area (Å²) in [6.45, 7) is 8.35. The molecule has 1 aliphatic rings. The van der Waals surface area contributed by atoms with E-state index in [4.69, 9.17) is 9.31 Å². The highest BCUT2D eigenvalue weighted by Gasteiger charge is 2.51. The van der Waals surface area contributed by atoms with Crippen LogP contribution in [-0.4, -0.2) is 18.3 Å². The number of fused-ring (bicyclic) bond motifs is 3. The normalized spacial score (nSPS) is 16.0. The van der Waals surface area contributed by atoms with Crippen molar-refractivity contribution in [3.8, 4) is 11.1 Å². The van der Waals surface area contributed by atoms with Crippen molar-refractivity contribution >= 4 is 61.2 Å². The summed E-state index contributed by atoms with van der Waals surface area (Å²) in [4.78, 5) is 2.29. The van der Waals surface area contributed by atoms with Gasteiger partial charge < -0.3 is 14.2 Å². The molecular formula is C36H32BNO2S. The van der Waals surface area contributed by atoms with Crippen molar-refractivity contribution in [2.75, 3.05) is 4.90 Å². The zero-order chi connectivity index (χ0) is 28.2. The highest BCUT2D eigenvalue weighted by atomic mass is 32.1. The van der Waals surface area contributed by atoms with Crippen LogP contribution in [0.15, 0.2) is 121 Å². The van der Waals surface area contributed by atoms with Crippen molar-refractivity contribution in [3.63, 3.8) is 0 Å². The predicted molar refractivity (Wildman–Crippen MR) is 175 cm³/mol. The summed E-state index contributed by atoms with van der Waals surface area (Å²) in [5.74, 6) is 0. The third kappa shape index (κ3) is 4.55. The van der Waals surface area contributed by atoms with E-state index in [1.807, 2.05) is 11.3 Å². The van der Waals surface area contributed by atoms with Crippen molar-refractivity contribution in [2.24, 2.45) is 0 Å². The molecule has 0 amide bonds. The summed E-state index contributed by atoms with van der Waals surface area (Å²) in [7, 11) is -0.380. The van der Waals surface area contributed by atoms with Gasteiger partial charge in [-0.1, -0.05) is 78.9 Å². The Bertz CT molecular complexity index is 1830. The molecule has 0 bridgehead atoms. The summed E-state index contributed by atoms with van der Waals surface area (Å²) in [6.07, 6.45) is 0. The number of para-hydroxylation sites is 1. The Labute approximate surface area is 246 Å². The lowest BCUT2D eigenvalue weighted by Gasteiger charge is -2.32. The third-order valence-corrected chi connectivity index (χ3v) is 9.75. The molecule has 0 N–H and O–H groups in total. The average Bonchev–Trinajstić information content (AvgIpc) is 3.47. The molecule has 0 atom stereocenters. The van der Waals surface area contributed by atoms with E-state index in [0.717, 1.165) is 22.5 Å². The zero-order valence-corrected chi connectivity index (χ0v) is 24.6. The largest absolute Gasteiger partial charge is 0.494 e. The van der Waals surface area contributed by atoms with E-state index in [0.29, 0.717) is 0 Å². The van der Waals surface area contributed by atoms with E-state index >= 15 is 0 Å². The molecule has 0 saturated carbocycles. The van der Waals surface area contributed by atoms with Crippen LogP contribution in [0.5, 0.6) is 0 Å². The molecule has 3 nitrogen and oxygen atoms in total. The number of rotatable bonds is 5. The van der Waals surface area contributed by atoms with Gasteiger partial charge in [-0.25, -0.2) is 0 Å². The van der Waals surface area contributed by atoms with Gasteiger partial charge in [0.1, 0.15) is 0 Å². The third-order valence-electron chi connectivity index (χ3n) is 8.53. The molecule has 2 heterocycles. The van der Waals surface area contributed by atoms with Gasteiger partial charge in [-0.2, -0.15) is 0 Å². The number of thiophene rings is 1. The molecule has 0 aliphatic carbocycles. The van der Waals surface area contributed by atoms with E-state index in [-0.39, 0.29) is 18.3 Å². The number of hydrogen-bond acceptors (Lipinski definition) is 4. The lowest BCUT2D eigenvalue weighted by atomic mass is 9.79. The van der Waals surface area contributed by atoms with Crippen molar-refractivity contribution in [1.29, 1.82) is 0 Å². The van der Waals surface area contributed by atoms with Gasteiger partial charge in [0.15, 0.2) is 0 Å². The van der Waals surface area contributed by atoms with E-state index in [2.05, 4.69) is 154 Å². The van der Waals surface area contributed by atoms with E-state index in [9.17, 15) is 0 Å². The van der Waals surface area contributed by atoms with Crippen LogP contribution < -0.4 is 10.4 Å². The Hall–Kier alpha value is -3.90. The van der Waals surface area contributed by atoms with Crippen molar-refractivity contribution in [2.45, 2.75) is 38.9 Å². The van der Waals surface area contributed by atoms with Crippen LogP contribution in [0.25, 0.3) is 31.3 Å². The summed E-state index contributed by atoms with van der Waals surface area (Å²) >= 11 is 1.87. The van der Waals surface area contributed by atoms with Gasteiger partial charge >= 0.3 is 7.12 Å². The predicted octanol–water partition coefficient (Wildman–Crippen LogP) is 9.49. The van der Waals surface area contributed by atoms with Crippen LogP contribution >= 0.6 is 11.3 Å². The summed E-state index contributed by atoms with van der Waals surface area (Å²) in [6, 6.07) is 43.3. The van der Waals surface area contributed by atoms with Gasteiger partial charge in [0, 0.05) is 37.2 Å². The fourth-order valence-electron chi connectivity index (χ4n) is 5.55. The molecule has 1 aliphatic heterocycles. The summed E-state index contributed by atoms with van der Waals surface area (Å²) < 4.78 is 15.2. The molecule has 0 unspecified atom stereocenters. The Morgan fingerprint density at radius 3 is 1.80 bits per heavy atom. The molecule has 7 rings (SSSR count). The second-order valence-corrected chi connectivity index (χ2v) is 12.7. The van der Waals surface area contributed by atoms with Crippen LogP contribution in [-0.2, 0) is 9.31 Å². The fourth-order valence-corrected chi connectivity index (χ4v) is 6.79. The second kappa shape index (κ2) is 9.88. The molecular weight excluding hydrogens is 521 g/mol. The average molecular weight is 554 g/mol. The van der Waals surface area contributed by atoms with E-state index in [1.54, 1.807) is 0 Å². The van der Waals surface area contributed by atoms with Gasteiger partial charge in [0.25, 0.3) is 0 Å². The van der Waals surface area contributed by atoms with Gasteiger partial charge in [0.05, 0.1) is 11.2 Å². The maximum Gasteiger partial charge on any atom is 0.494 e. The first kappa shape index (κ1) is 26.0. The first-order valence-corrected chi connectivity index (χ1v) is 14.9. The van der Waals surface area contributed by atoms with Crippen LogP contribution in [0.2, 0.25) is 0 Å². The Balaban J connectivity index is 1.24. The Morgan fingerprint density at radius 2 is 1.12 bits per heavy atom. The SMILES string of the molecule is CC1(C)OB(c2ccc(N(c3ccccc3)c3ccc(-c4cccc5c4sc4ccccc45)cc3)cc2)OC1(C)C. The number of benzene rings is 5. The second-order valence-electron chi connectivity index (χ2n) is 11.7. The minimum Gasteiger partial charge on any atom is -0.399 e. The molecule has 0 radical (unpaired) electrons. The molecule has 0 spiro atoms. The van der Waals surface area contributed by atoms with Gasteiger partial charge in [-0.15, -0.1) is 11.3 Å². The van der Waals surface area contributed by atoms with Gasteiger partial charge in [0.2, 0.25) is 0 Å². The maximum atomic E-state index is 6.29. The van der Waals surface area contributed by atoms with Crippen molar-refractivity contribution in [1.82, 2.24) is 0 Å². The quantitative estimate of drug-likeness (QED) is 0.199. The Morgan fingerprint density at radius 1 is 0.561 bits per heavy atom. The van der Waals surface area contributed by atoms with Gasteiger partial charge in [-0.3, -0.25) is 0 Å². The molecule has 5 aromatic carbocycles. The van der Waals surface area contributed by atoms with Gasteiger partial charge in [-0.05, 0) is 86.7 Å². The van der Waals surface area contributed by atoms with Crippen molar-refractivity contribution in [3.05, 3.63) is 121 Å². The van der Waals surface area contributed by atoms with E-state index < -0.39 is 0 Å². The first-order chi connectivity index (χ1) is 19.8. The minimum atomic E-state index is -0.380. The fraction of sp³-hybridized carbons (Fsp3) is 0.167. The minimum absolute atomic E-state index is 0.367. The smallest absolute Gasteiger partial charge is 0.399 e. The first-order valence-electron chi connectivity index (χ1n) is 14.1. The monoisotopic (exact) mass is 553 g/mol. The highest BCUT2D eigenvalue weighted by molar-refractivity contribution is 7.26. The molecule has 202 valence electrons. The number of nitrogens with zero attached hydrogens (tertiary/aromatic N) is 1. The molecule has 41 heavy (non-hydrogen) atoms. The summed E-state index contributed by atoms with van der Waals surface area (Å²) in [5, 5.41) is 2.64. The molecule has 6 aromatic rings. The zero-order valence-electron chi connectivity index (χ0n) is 23.8. The summed E-state index contributed by atoms with van der Waals surface area (Å²) in [5.41, 5.74) is 6.07. The van der Waals surface area contributed by atoms with Crippen LogP contribution in [0.4, 0.5) is 17.1 Å². The van der Waals surface area contributed by atoms with Crippen molar-refractivity contribution < 1.29 is 9.31 Å². The number of hydrogen-bond donors (Lipinski definition) is 0. The standard InChI is InChI=1S/C36H32BNO2S/c1-35(2)36(3,4)40-37(39-35)26-19-23-29(24-20-26)38(27-11-6-5-7-12-27)28-21-17-25(18-22-28)30-14-10-15-32-31-13-8-9-16-33(31)41-34(30)32/h5-24H,1-4H3. The van der Waals surface area contributed by atoms with Crippen LogP contribution in [0.3, 0.4) is 0 Å². The van der Waals surface area contributed by atoms with Crippen LogP contribution in [0, 0.1) is 0 Å². The lowest BCUT2D eigenvalue weighted by Crippen LogP contribution is -2.41. The molecule has 1 fully saturated rings. The Kier molecular flexibility index (Phi) is 6.27. The maximum absolute atomic E-state index is 6.29. The topological polar surface area (TPSA) is 21.7 Å².